The molecule has 38 heavy (non-hydrogen) atoms. The predicted octanol–water partition coefficient (Wildman–Crippen LogP) is 3.69. The van der Waals surface area contributed by atoms with E-state index in [9.17, 15) is 19.5 Å². The van der Waals surface area contributed by atoms with Crippen LogP contribution in [0.1, 0.15) is 22.7 Å². The van der Waals surface area contributed by atoms with Gasteiger partial charge in [0.25, 0.3) is 0 Å². The number of carbonyl (C=O) groups is 3. The van der Waals surface area contributed by atoms with Gasteiger partial charge in [-0.3, -0.25) is 24.6 Å². The fourth-order valence-electron chi connectivity index (χ4n) is 6.19. The van der Waals surface area contributed by atoms with E-state index in [0.717, 1.165) is 22.0 Å². The Balaban J connectivity index is 1.49. The first kappa shape index (κ1) is 23.9. The summed E-state index contributed by atoms with van der Waals surface area (Å²) >= 11 is 0. The number of H-pyrrole nitrogens is 1. The molecule has 4 aromatic rings. The second-order valence-electron chi connectivity index (χ2n) is 9.93. The maximum atomic E-state index is 14.0. The predicted molar refractivity (Wildman–Crippen MR) is 140 cm³/mol. The van der Waals surface area contributed by atoms with Crippen molar-refractivity contribution in [2.45, 2.75) is 24.5 Å². The Bertz CT molecular complexity index is 1550. The first-order valence-corrected chi connectivity index (χ1v) is 12.5. The number of carbonyl (C=O) groups excluding carboxylic acids is 2. The molecule has 1 aromatic heterocycles. The summed E-state index contributed by atoms with van der Waals surface area (Å²) in [5, 5.41) is 14.9. The van der Waals surface area contributed by atoms with E-state index >= 15 is 0 Å². The number of aromatic amines is 1. The Morgan fingerprint density at radius 3 is 2.45 bits per heavy atom. The molecule has 2 aliphatic heterocycles. The summed E-state index contributed by atoms with van der Waals surface area (Å²) in [4.78, 5) is 45.6. The molecular weight excluding hydrogens is 482 g/mol. The smallest absolute Gasteiger partial charge is 0.325 e. The van der Waals surface area contributed by atoms with Crippen LogP contribution in [0.5, 0.6) is 5.75 Å². The molecule has 3 N–H and O–H groups in total. The van der Waals surface area contributed by atoms with E-state index in [1.807, 2.05) is 72.8 Å². The zero-order valence-corrected chi connectivity index (χ0v) is 20.8. The summed E-state index contributed by atoms with van der Waals surface area (Å²) in [7, 11) is 1.53. The van der Waals surface area contributed by atoms with Gasteiger partial charge >= 0.3 is 5.97 Å². The molecule has 0 bridgehead atoms. The summed E-state index contributed by atoms with van der Waals surface area (Å²) in [5.41, 5.74) is 1.37. The lowest BCUT2D eigenvalue weighted by molar-refractivity contribution is -0.151. The number of likely N-dealkylation sites (tertiary alicyclic amines) is 1. The van der Waals surface area contributed by atoms with Gasteiger partial charge in [0, 0.05) is 35.1 Å². The molecule has 2 saturated heterocycles. The lowest BCUT2D eigenvalue weighted by Gasteiger charge is -2.31. The third kappa shape index (κ3) is 3.60. The van der Waals surface area contributed by atoms with Crippen molar-refractivity contribution >= 4 is 28.7 Å². The number of nitrogens with one attached hydrogen (secondary N) is 2. The molecule has 0 aliphatic carbocycles. The minimum absolute atomic E-state index is 0.0252. The number of nitrogens with zero attached hydrogens (tertiary/aromatic N) is 1. The Morgan fingerprint density at radius 1 is 0.974 bits per heavy atom. The molecule has 2 fully saturated rings. The van der Waals surface area contributed by atoms with Crippen LogP contribution in [-0.2, 0) is 27.3 Å². The molecule has 0 radical (unpaired) electrons. The van der Waals surface area contributed by atoms with Crippen molar-refractivity contribution in [2.75, 3.05) is 7.11 Å². The number of methoxy groups -OCH3 is 1. The summed E-state index contributed by atoms with van der Waals surface area (Å²) in [6.45, 7) is 0.0902. The molecular formula is C30H27N3O5. The van der Waals surface area contributed by atoms with E-state index in [0.29, 0.717) is 11.3 Å². The maximum Gasteiger partial charge on any atom is 0.325 e. The van der Waals surface area contributed by atoms with Gasteiger partial charge in [0.1, 0.15) is 11.3 Å². The lowest BCUT2D eigenvalue weighted by atomic mass is 9.76. The summed E-state index contributed by atoms with van der Waals surface area (Å²) in [6, 6.07) is 23.4. The Morgan fingerprint density at radius 2 is 1.68 bits per heavy atom. The maximum absolute atomic E-state index is 14.0. The van der Waals surface area contributed by atoms with Gasteiger partial charge in [0.05, 0.1) is 25.5 Å². The molecule has 8 nitrogen and oxygen atoms in total. The van der Waals surface area contributed by atoms with E-state index in [2.05, 4.69) is 10.3 Å². The van der Waals surface area contributed by atoms with E-state index in [4.69, 9.17) is 4.74 Å². The zero-order valence-electron chi connectivity index (χ0n) is 20.8. The van der Waals surface area contributed by atoms with Gasteiger partial charge in [-0.1, -0.05) is 66.7 Å². The second kappa shape index (κ2) is 9.15. The Kier molecular flexibility index (Phi) is 5.76. The van der Waals surface area contributed by atoms with Gasteiger partial charge in [-0.2, -0.15) is 0 Å². The average molecular weight is 510 g/mol. The first-order valence-electron chi connectivity index (χ1n) is 12.5. The molecule has 0 saturated carbocycles. The van der Waals surface area contributed by atoms with Crippen molar-refractivity contribution in [1.29, 1.82) is 0 Å². The van der Waals surface area contributed by atoms with E-state index in [-0.39, 0.29) is 18.9 Å². The van der Waals surface area contributed by atoms with E-state index < -0.39 is 35.3 Å². The van der Waals surface area contributed by atoms with Crippen molar-refractivity contribution in [3.8, 4) is 5.75 Å². The summed E-state index contributed by atoms with van der Waals surface area (Å²) < 4.78 is 5.58. The number of carboxylic acids is 1. The first-order chi connectivity index (χ1) is 18.4. The number of rotatable bonds is 7. The van der Waals surface area contributed by atoms with Crippen LogP contribution in [0.25, 0.3) is 10.9 Å². The highest BCUT2D eigenvalue weighted by molar-refractivity contribution is 6.09. The molecule has 3 heterocycles. The van der Waals surface area contributed by atoms with Crippen LogP contribution in [0.3, 0.4) is 0 Å². The number of benzene rings is 3. The van der Waals surface area contributed by atoms with Crippen LogP contribution in [0.4, 0.5) is 0 Å². The third-order valence-electron chi connectivity index (χ3n) is 7.93. The van der Waals surface area contributed by atoms with Crippen molar-refractivity contribution in [1.82, 2.24) is 15.2 Å². The highest BCUT2D eigenvalue weighted by atomic mass is 16.5. The fraction of sp³-hybridized carbons (Fsp3) is 0.233. The van der Waals surface area contributed by atoms with Crippen LogP contribution in [0.15, 0.2) is 85.1 Å². The van der Waals surface area contributed by atoms with Crippen LogP contribution >= 0.6 is 0 Å². The molecule has 2 amide bonds. The standard InChI is InChI=1S/C30H27N3O5/c1-38-23-14-8-6-12-21(23)26-24-25(28(35)33(27(24)34)17-18-9-3-2-4-10-18)30(32-26,29(36)37)15-19-16-31-22-13-7-5-11-20(19)22/h2-14,16,24-26,31-32H,15,17H2,1H3,(H,36,37). The van der Waals surface area contributed by atoms with Crippen molar-refractivity contribution < 1.29 is 24.2 Å². The molecule has 2 aliphatic rings. The monoisotopic (exact) mass is 509 g/mol. The van der Waals surface area contributed by atoms with Crippen molar-refractivity contribution in [3.05, 3.63) is 102 Å². The molecule has 8 heteroatoms. The highest BCUT2D eigenvalue weighted by Gasteiger charge is 2.68. The van der Waals surface area contributed by atoms with Crippen LogP contribution in [0, 0.1) is 11.8 Å². The topological polar surface area (TPSA) is 112 Å². The van der Waals surface area contributed by atoms with E-state index in [1.54, 1.807) is 12.3 Å². The van der Waals surface area contributed by atoms with Gasteiger partial charge in [-0.25, -0.2) is 0 Å². The molecule has 4 unspecified atom stereocenters. The number of para-hydroxylation sites is 2. The third-order valence-corrected chi connectivity index (χ3v) is 7.93. The van der Waals surface area contributed by atoms with Gasteiger partial charge < -0.3 is 14.8 Å². The quantitative estimate of drug-likeness (QED) is 0.328. The van der Waals surface area contributed by atoms with Gasteiger partial charge in [0.15, 0.2) is 0 Å². The number of hydrogen-bond donors (Lipinski definition) is 3. The number of fused-ring (bicyclic) bond motifs is 2. The number of amides is 2. The number of aromatic nitrogens is 1. The summed E-state index contributed by atoms with van der Waals surface area (Å²) in [5.74, 6) is -3.49. The largest absolute Gasteiger partial charge is 0.496 e. The second-order valence-corrected chi connectivity index (χ2v) is 9.93. The minimum atomic E-state index is -1.71. The van der Waals surface area contributed by atoms with Crippen LogP contribution < -0.4 is 10.1 Å². The number of aliphatic carboxylic acids is 1. The van der Waals surface area contributed by atoms with E-state index in [1.165, 1.54) is 12.0 Å². The Labute approximate surface area is 219 Å². The van der Waals surface area contributed by atoms with Crippen molar-refractivity contribution in [2.24, 2.45) is 11.8 Å². The Hall–Kier alpha value is -4.43. The molecule has 3 aromatic carbocycles. The van der Waals surface area contributed by atoms with Gasteiger partial charge in [-0.15, -0.1) is 0 Å². The number of imide groups is 1. The number of hydrogen-bond acceptors (Lipinski definition) is 5. The van der Waals surface area contributed by atoms with Crippen LogP contribution in [0.2, 0.25) is 0 Å². The van der Waals surface area contributed by atoms with Crippen LogP contribution in [-0.4, -0.2) is 45.4 Å². The lowest BCUT2D eigenvalue weighted by Crippen LogP contribution is -2.57. The minimum Gasteiger partial charge on any atom is -0.496 e. The molecule has 192 valence electrons. The van der Waals surface area contributed by atoms with Gasteiger partial charge in [-0.05, 0) is 23.3 Å². The zero-order chi connectivity index (χ0) is 26.4. The molecule has 6 rings (SSSR count). The summed E-state index contributed by atoms with van der Waals surface area (Å²) in [6.07, 6.45) is 1.81. The number of carboxylic acid groups (broad SMARTS) is 1. The highest BCUT2D eigenvalue weighted by Crippen LogP contribution is 2.52. The average Bonchev–Trinajstić information content (AvgIpc) is 3.58. The fourth-order valence-corrected chi connectivity index (χ4v) is 6.19. The normalized spacial score (nSPS) is 24.7. The van der Waals surface area contributed by atoms with Crippen molar-refractivity contribution in [3.63, 3.8) is 0 Å². The van der Waals surface area contributed by atoms with Gasteiger partial charge in [0.2, 0.25) is 11.8 Å². The molecule has 0 spiro atoms. The number of ether oxygens (including phenoxy) is 1. The SMILES string of the molecule is COc1ccccc1C1NC(Cc2c[nH]c3ccccc23)(C(=O)O)C2C(=O)N(Cc3ccccc3)C(=O)C12. The molecule has 4 atom stereocenters.